The van der Waals surface area contributed by atoms with Gasteiger partial charge < -0.3 is 14.6 Å². The number of aliphatic carboxylic acids is 1. The van der Waals surface area contributed by atoms with Crippen molar-refractivity contribution in [2.45, 2.75) is 18.9 Å². The van der Waals surface area contributed by atoms with E-state index in [4.69, 9.17) is 32.7 Å². The highest BCUT2D eigenvalue weighted by atomic mass is 35.5. The fourth-order valence-corrected chi connectivity index (χ4v) is 4.15. The van der Waals surface area contributed by atoms with E-state index in [1.54, 1.807) is 20.3 Å². The average molecular weight is 424 g/mol. The van der Waals surface area contributed by atoms with Crippen LogP contribution in [0.5, 0.6) is 11.5 Å². The Morgan fingerprint density at radius 2 is 1.96 bits per heavy atom. The molecule has 0 radical (unpaired) electrons. The number of ether oxygens (including phenoxy) is 2. The van der Waals surface area contributed by atoms with E-state index >= 15 is 0 Å². The van der Waals surface area contributed by atoms with Crippen LogP contribution in [0, 0.1) is 5.92 Å². The summed E-state index contributed by atoms with van der Waals surface area (Å²) in [5.74, 6) is 0.0706. The molecule has 0 bridgehead atoms. The molecule has 1 aliphatic heterocycles. The van der Waals surface area contributed by atoms with Crippen molar-refractivity contribution in [3.63, 3.8) is 0 Å². The molecule has 0 aliphatic carbocycles. The van der Waals surface area contributed by atoms with Crippen LogP contribution in [0.1, 0.15) is 30.0 Å². The van der Waals surface area contributed by atoms with E-state index in [2.05, 4.69) is 4.90 Å². The number of likely N-dealkylation sites (tertiary alicyclic amines) is 1. The number of benzene rings is 2. The summed E-state index contributed by atoms with van der Waals surface area (Å²) < 4.78 is 11.1. The quantitative estimate of drug-likeness (QED) is 0.715. The SMILES string of the molecule is COc1cccc(C(c2ccc(Cl)c(Cl)c2)N2CCCC(C(=O)O)C2)c1OC. The van der Waals surface area contributed by atoms with E-state index in [1.807, 2.05) is 30.3 Å². The molecule has 1 N–H and O–H groups in total. The number of piperidine rings is 1. The van der Waals surface area contributed by atoms with Crippen molar-refractivity contribution in [3.05, 3.63) is 57.6 Å². The Bertz CT molecular complexity index is 858. The summed E-state index contributed by atoms with van der Waals surface area (Å²) in [6.45, 7) is 1.22. The predicted octanol–water partition coefficient (Wildman–Crippen LogP) is 4.90. The molecule has 150 valence electrons. The fourth-order valence-electron chi connectivity index (χ4n) is 3.84. The lowest BCUT2D eigenvalue weighted by molar-refractivity contribution is -0.143. The van der Waals surface area contributed by atoms with Crippen molar-refractivity contribution in [1.82, 2.24) is 4.90 Å². The van der Waals surface area contributed by atoms with E-state index in [9.17, 15) is 9.90 Å². The molecule has 1 saturated heterocycles. The minimum Gasteiger partial charge on any atom is -0.493 e. The van der Waals surface area contributed by atoms with E-state index in [-0.39, 0.29) is 6.04 Å². The number of hydrogen-bond donors (Lipinski definition) is 1. The summed E-state index contributed by atoms with van der Waals surface area (Å²) in [4.78, 5) is 13.8. The van der Waals surface area contributed by atoms with Gasteiger partial charge in [0.05, 0.1) is 36.2 Å². The Balaban J connectivity index is 2.12. The van der Waals surface area contributed by atoms with Crippen molar-refractivity contribution < 1.29 is 19.4 Å². The summed E-state index contributed by atoms with van der Waals surface area (Å²) in [6, 6.07) is 11.0. The van der Waals surface area contributed by atoms with Gasteiger partial charge in [0.1, 0.15) is 0 Å². The topological polar surface area (TPSA) is 59.0 Å². The molecule has 0 saturated carbocycles. The van der Waals surface area contributed by atoms with Gasteiger partial charge >= 0.3 is 5.97 Å². The van der Waals surface area contributed by atoms with Gasteiger partial charge in [0.2, 0.25) is 0 Å². The highest BCUT2D eigenvalue weighted by Gasteiger charge is 2.33. The lowest BCUT2D eigenvalue weighted by Gasteiger charge is -2.38. The number of carbonyl (C=O) groups is 1. The molecule has 2 unspecified atom stereocenters. The first-order chi connectivity index (χ1) is 13.5. The third-order valence-corrected chi connectivity index (χ3v) is 5.89. The third kappa shape index (κ3) is 4.22. The summed E-state index contributed by atoms with van der Waals surface area (Å²) in [5, 5.41) is 10.5. The largest absolute Gasteiger partial charge is 0.493 e. The second kappa shape index (κ2) is 9.03. The highest BCUT2D eigenvalue weighted by Crippen LogP contribution is 2.42. The molecule has 2 atom stereocenters. The number of nitrogens with zero attached hydrogens (tertiary/aromatic N) is 1. The third-order valence-electron chi connectivity index (χ3n) is 5.15. The van der Waals surface area contributed by atoms with E-state index in [0.717, 1.165) is 24.1 Å². The van der Waals surface area contributed by atoms with Gasteiger partial charge in [-0.25, -0.2) is 0 Å². The molecule has 2 aromatic rings. The van der Waals surface area contributed by atoms with Gasteiger partial charge in [-0.1, -0.05) is 41.4 Å². The highest BCUT2D eigenvalue weighted by molar-refractivity contribution is 6.42. The van der Waals surface area contributed by atoms with E-state index in [0.29, 0.717) is 34.5 Å². The zero-order valence-corrected chi connectivity index (χ0v) is 17.3. The molecular formula is C21H23Cl2NO4. The molecule has 1 fully saturated rings. The van der Waals surface area contributed by atoms with Crippen molar-refractivity contribution in [2.24, 2.45) is 5.92 Å². The van der Waals surface area contributed by atoms with E-state index in [1.165, 1.54) is 0 Å². The maximum Gasteiger partial charge on any atom is 0.307 e. The van der Waals surface area contributed by atoms with Gasteiger partial charge in [0.25, 0.3) is 0 Å². The van der Waals surface area contributed by atoms with E-state index < -0.39 is 11.9 Å². The molecule has 0 aromatic heterocycles. The Morgan fingerprint density at radius 3 is 2.61 bits per heavy atom. The van der Waals surface area contributed by atoms with Crippen LogP contribution in [0.4, 0.5) is 0 Å². The monoisotopic (exact) mass is 423 g/mol. The van der Waals surface area contributed by atoms with Gasteiger partial charge in [-0.15, -0.1) is 0 Å². The summed E-state index contributed by atoms with van der Waals surface area (Å²) in [6.07, 6.45) is 1.48. The fraction of sp³-hybridized carbons (Fsp3) is 0.381. The summed E-state index contributed by atoms with van der Waals surface area (Å²) in [5.41, 5.74) is 1.82. The number of halogens is 2. The van der Waals surface area contributed by atoms with Crippen molar-refractivity contribution in [1.29, 1.82) is 0 Å². The van der Waals surface area contributed by atoms with Crippen LogP contribution >= 0.6 is 23.2 Å². The Kier molecular flexibility index (Phi) is 6.70. The maximum absolute atomic E-state index is 11.6. The number of para-hydroxylation sites is 1. The van der Waals surface area contributed by atoms with Crippen LogP contribution in [0.2, 0.25) is 10.0 Å². The molecule has 1 aliphatic rings. The number of hydrogen-bond acceptors (Lipinski definition) is 4. The number of carboxylic acid groups (broad SMARTS) is 1. The lowest BCUT2D eigenvalue weighted by atomic mass is 9.91. The first kappa shape index (κ1) is 20.8. The number of methoxy groups -OCH3 is 2. The second-order valence-electron chi connectivity index (χ2n) is 6.83. The first-order valence-corrected chi connectivity index (χ1v) is 9.84. The summed E-state index contributed by atoms with van der Waals surface area (Å²) in [7, 11) is 3.20. The number of carboxylic acids is 1. The molecule has 1 heterocycles. The lowest BCUT2D eigenvalue weighted by Crippen LogP contribution is -2.41. The molecule has 28 heavy (non-hydrogen) atoms. The average Bonchev–Trinajstić information content (AvgIpc) is 2.70. The van der Waals surface area contributed by atoms with Crippen molar-refractivity contribution in [3.8, 4) is 11.5 Å². The van der Waals surface area contributed by atoms with Crippen LogP contribution in [-0.4, -0.2) is 43.3 Å². The summed E-state index contributed by atoms with van der Waals surface area (Å²) >= 11 is 12.4. The van der Waals surface area contributed by atoms with Crippen LogP contribution in [0.25, 0.3) is 0 Å². The van der Waals surface area contributed by atoms with Crippen LogP contribution < -0.4 is 9.47 Å². The maximum atomic E-state index is 11.6. The van der Waals surface area contributed by atoms with Crippen LogP contribution in [-0.2, 0) is 4.79 Å². The Morgan fingerprint density at radius 1 is 1.18 bits per heavy atom. The minimum atomic E-state index is -0.768. The zero-order chi connectivity index (χ0) is 20.3. The Hall–Kier alpha value is -1.95. The van der Waals surface area contributed by atoms with Crippen molar-refractivity contribution in [2.75, 3.05) is 27.3 Å². The zero-order valence-electron chi connectivity index (χ0n) is 15.8. The number of rotatable bonds is 6. The standard InChI is InChI=1S/C21H23Cl2NO4/c1-27-18-7-3-6-15(20(18)28-2)19(13-8-9-16(22)17(23)11-13)24-10-4-5-14(12-24)21(25)26/h3,6-9,11,14,19H,4-5,10,12H2,1-2H3,(H,25,26). The molecular weight excluding hydrogens is 401 g/mol. The van der Waals surface area contributed by atoms with Crippen LogP contribution in [0.15, 0.2) is 36.4 Å². The molecule has 7 heteroatoms. The van der Waals surface area contributed by atoms with Gasteiger partial charge in [0.15, 0.2) is 11.5 Å². The van der Waals surface area contributed by atoms with Gasteiger partial charge in [-0.3, -0.25) is 9.69 Å². The molecule has 2 aromatic carbocycles. The van der Waals surface area contributed by atoms with Gasteiger partial charge in [0, 0.05) is 12.1 Å². The van der Waals surface area contributed by atoms with Crippen LogP contribution in [0.3, 0.4) is 0 Å². The van der Waals surface area contributed by atoms with Gasteiger partial charge in [-0.2, -0.15) is 0 Å². The first-order valence-electron chi connectivity index (χ1n) is 9.09. The molecule has 0 spiro atoms. The normalized spacial score (nSPS) is 18.5. The predicted molar refractivity (Wildman–Crippen MR) is 110 cm³/mol. The molecule has 3 rings (SSSR count). The minimum absolute atomic E-state index is 0.234. The second-order valence-corrected chi connectivity index (χ2v) is 7.65. The smallest absolute Gasteiger partial charge is 0.307 e. The molecule has 5 nitrogen and oxygen atoms in total. The molecule has 0 amide bonds. The Labute approximate surface area is 174 Å². The van der Waals surface area contributed by atoms with Gasteiger partial charge in [-0.05, 0) is 43.1 Å². The van der Waals surface area contributed by atoms with Crippen molar-refractivity contribution >= 4 is 29.2 Å².